The van der Waals surface area contributed by atoms with Crippen LogP contribution in [0.2, 0.25) is 0 Å². The van der Waals surface area contributed by atoms with Gasteiger partial charge in [-0.15, -0.1) is 0 Å². The maximum absolute atomic E-state index is 13.1. The fraction of sp³-hybridized carbons (Fsp3) is 0.667. The van der Waals surface area contributed by atoms with Gasteiger partial charge in [-0.2, -0.15) is 0 Å². The van der Waals surface area contributed by atoms with E-state index in [0.717, 1.165) is 18.6 Å². The smallest absolute Gasteiger partial charge is 0.123 e. The fourth-order valence-corrected chi connectivity index (χ4v) is 3.21. The van der Waals surface area contributed by atoms with E-state index in [1.807, 2.05) is 19.1 Å². The highest BCUT2D eigenvalue weighted by Crippen LogP contribution is 2.44. The molecule has 0 aliphatic heterocycles. The first-order valence-corrected chi connectivity index (χ1v) is 7.99. The molecule has 0 spiro atoms. The van der Waals surface area contributed by atoms with Gasteiger partial charge in [0.1, 0.15) is 5.82 Å². The van der Waals surface area contributed by atoms with Crippen LogP contribution in [-0.4, -0.2) is 18.8 Å². The summed E-state index contributed by atoms with van der Waals surface area (Å²) in [5.41, 5.74) is 1.30. The van der Waals surface area contributed by atoms with Crippen molar-refractivity contribution in [1.29, 1.82) is 0 Å². The zero-order valence-corrected chi connectivity index (χ0v) is 13.8. The van der Waals surface area contributed by atoms with Crippen LogP contribution in [0.25, 0.3) is 0 Å². The molecule has 2 nitrogen and oxygen atoms in total. The van der Waals surface area contributed by atoms with Gasteiger partial charge in [0.25, 0.3) is 0 Å². The number of hydrogen-bond acceptors (Lipinski definition) is 2. The Morgan fingerprint density at radius 2 is 1.90 bits per heavy atom. The Labute approximate surface area is 128 Å². The Bertz CT molecular complexity index is 455. The minimum atomic E-state index is -0.179. The number of halogens is 1. The van der Waals surface area contributed by atoms with Crippen LogP contribution in [0.3, 0.4) is 0 Å². The topological polar surface area (TPSA) is 21.3 Å². The summed E-state index contributed by atoms with van der Waals surface area (Å²) in [6.45, 7) is 11.7. The monoisotopic (exact) mass is 293 g/mol. The largest absolute Gasteiger partial charge is 0.378 e. The first-order chi connectivity index (χ1) is 9.86. The maximum atomic E-state index is 13.1. The molecule has 3 atom stereocenters. The molecule has 1 aliphatic carbocycles. The highest BCUT2D eigenvalue weighted by atomic mass is 19.1. The molecular formula is C18H28FNO. The molecule has 21 heavy (non-hydrogen) atoms. The zero-order chi connectivity index (χ0) is 15.6. The number of hydrogen-bond donors (Lipinski definition) is 1. The van der Waals surface area contributed by atoms with Crippen molar-refractivity contribution in [3.05, 3.63) is 35.6 Å². The molecule has 1 fully saturated rings. The second-order valence-electron chi connectivity index (χ2n) is 6.99. The molecule has 2 rings (SSSR count). The van der Waals surface area contributed by atoms with Crippen molar-refractivity contribution >= 4 is 0 Å². The SMILES string of the molecule is CCOC1CC(NC(c2ccc(F)cc2)C(C)C)C1(C)C. The van der Waals surface area contributed by atoms with E-state index in [0.29, 0.717) is 18.1 Å². The molecule has 118 valence electrons. The van der Waals surface area contributed by atoms with Crippen molar-refractivity contribution < 1.29 is 9.13 Å². The van der Waals surface area contributed by atoms with Gasteiger partial charge in [-0.3, -0.25) is 0 Å². The second-order valence-corrected chi connectivity index (χ2v) is 6.99. The Hall–Kier alpha value is -0.930. The third kappa shape index (κ3) is 3.46. The molecule has 1 aromatic carbocycles. The summed E-state index contributed by atoms with van der Waals surface area (Å²) in [6.07, 6.45) is 1.38. The Balaban J connectivity index is 2.06. The first kappa shape index (κ1) is 16.4. The van der Waals surface area contributed by atoms with Crippen molar-refractivity contribution in [3.63, 3.8) is 0 Å². The van der Waals surface area contributed by atoms with E-state index >= 15 is 0 Å². The van der Waals surface area contributed by atoms with Crippen molar-refractivity contribution in [2.75, 3.05) is 6.61 Å². The normalized spacial score (nSPS) is 25.7. The first-order valence-electron chi connectivity index (χ1n) is 7.99. The van der Waals surface area contributed by atoms with E-state index in [-0.39, 0.29) is 17.3 Å². The van der Waals surface area contributed by atoms with Gasteiger partial charge in [0.05, 0.1) is 6.10 Å². The predicted octanol–water partition coefficient (Wildman–Crippen LogP) is 4.32. The number of nitrogens with one attached hydrogen (secondary N) is 1. The third-order valence-corrected chi connectivity index (χ3v) is 4.82. The molecule has 3 unspecified atom stereocenters. The van der Waals surface area contributed by atoms with E-state index in [9.17, 15) is 4.39 Å². The van der Waals surface area contributed by atoms with Gasteiger partial charge < -0.3 is 10.1 Å². The molecule has 1 aromatic rings. The van der Waals surface area contributed by atoms with Gasteiger partial charge in [0.2, 0.25) is 0 Å². The second kappa shape index (κ2) is 6.45. The van der Waals surface area contributed by atoms with Crippen LogP contribution >= 0.6 is 0 Å². The summed E-state index contributed by atoms with van der Waals surface area (Å²) in [6, 6.07) is 7.55. The van der Waals surface area contributed by atoms with E-state index in [1.165, 1.54) is 0 Å². The zero-order valence-electron chi connectivity index (χ0n) is 13.8. The molecule has 1 aliphatic rings. The van der Waals surface area contributed by atoms with E-state index in [2.05, 4.69) is 33.0 Å². The Kier molecular flexibility index (Phi) is 5.05. The van der Waals surface area contributed by atoms with Gasteiger partial charge >= 0.3 is 0 Å². The summed E-state index contributed by atoms with van der Waals surface area (Å²) in [5.74, 6) is 0.277. The fourth-order valence-electron chi connectivity index (χ4n) is 3.21. The van der Waals surface area contributed by atoms with E-state index in [1.54, 1.807) is 12.1 Å². The standard InChI is InChI=1S/C18H28FNO/c1-6-21-16-11-15(18(16,4)5)20-17(12(2)3)13-7-9-14(19)10-8-13/h7-10,12,15-17,20H,6,11H2,1-5H3. The van der Waals surface area contributed by atoms with Gasteiger partial charge in [0.15, 0.2) is 0 Å². The summed E-state index contributed by atoms with van der Waals surface area (Å²) < 4.78 is 18.9. The van der Waals surface area contributed by atoms with E-state index < -0.39 is 0 Å². The van der Waals surface area contributed by atoms with Crippen LogP contribution < -0.4 is 5.32 Å². The Morgan fingerprint density at radius 1 is 1.29 bits per heavy atom. The lowest BCUT2D eigenvalue weighted by atomic mass is 9.64. The minimum absolute atomic E-state index is 0.142. The molecule has 1 saturated carbocycles. The van der Waals surface area contributed by atoms with Crippen LogP contribution in [0.15, 0.2) is 24.3 Å². The van der Waals surface area contributed by atoms with Gasteiger partial charge in [-0.05, 0) is 37.0 Å². The number of rotatable bonds is 6. The lowest BCUT2D eigenvalue weighted by Crippen LogP contribution is -2.61. The number of ether oxygens (including phenoxy) is 1. The molecule has 0 heterocycles. The van der Waals surface area contributed by atoms with Crippen LogP contribution in [0.4, 0.5) is 4.39 Å². The molecule has 0 bridgehead atoms. The van der Waals surface area contributed by atoms with E-state index in [4.69, 9.17) is 4.74 Å². The minimum Gasteiger partial charge on any atom is -0.378 e. The molecule has 0 radical (unpaired) electrons. The summed E-state index contributed by atoms with van der Waals surface area (Å²) >= 11 is 0. The molecule has 0 amide bonds. The average molecular weight is 293 g/mol. The summed E-state index contributed by atoms with van der Waals surface area (Å²) in [4.78, 5) is 0. The third-order valence-electron chi connectivity index (χ3n) is 4.82. The Morgan fingerprint density at radius 3 is 2.38 bits per heavy atom. The highest BCUT2D eigenvalue weighted by Gasteiger charge is 2.49. The van der Waals surface area contributed by atoms with Gasteiger partial charge in [0, 0.05) is 24.1 Å². The van der Waals surface area contributed by atoms with Crippen LogP contribution in [0.1, 0.15) is 52.6 Å². The van der Waals surface area contributed by atoms with Crippen molar-refractivity contribution in [3.8, 4) is 0 Å². The summed E-state index contributed by atoms with van der Waals surface area (Å²) in [7, 11) is 0. The van der Waals surface area contributed by atoms with Crippen molar-refractivity contribution in [1.82, 2.24) is 5.32 Å². The maximum Gasteiger partial charge on any atom is 0.123 e. The molecule has 0 aromatic heterocycles. The van der Waals surface area contributed by atoms with Gasteiger partial charge in [-0.25, -0.2) is 4.39 Å². The van der Waals surface area contributed by atoms with Gasteiger partial charge in [-0.1, -0.05) is 39.8 Å². The van der Waals surface area contributed by atoms with Crippen molar-refractivity contribution in [2.45, 2.75) is 59.2 Å². The molecular weight excluding hydrogens is 265 g/mol. The molecule has 0 saturated heterocycles. The quantitative estimate of drug-likeness (QED) is 0.843. The summed E-state index contributed by atoms with van der Waals surface area (Å²) in [5, 5.41) is 3.76. The number of benzene rings is 1. The lowest BCUT2D eigenvalue weighted by molar-refractivity contribution is -0.117. The van der Waals surface area contributed by atoms with Crippen LogP contribution in [0, 0.1) is 17.2 Å². The van der Waals surface area contributed by atoms with Crippen LogP contribution in [0.5, 0.6) is 0 Å². The average Bonchev–Trinajstić information content (AvgIpc) is 2.43. The highest BCUT2D eigenvalue weighted by molar-refractivity contribution is 5.21. The lowest BCUT2D eigenvalue weighted by Gasteiger charge is -2.53. The molecule has 3 heteroatoms. The van der Waals surface area contributed by atoms with Crippen molar-refractivity contribution in [2.24, 2.45) is 11.3 Å². The predicted molar refractivity (Wildman–Crippen MR) is 84.7 cm³/mol. The molecule has 1 N–H and O–H groups in total. The van der Waals surface area contributed by atoms with Crippen LogP contribution in [-0.2, 0) is 4.74 Å².